The van der Waals surface area contributed by atoms with E-state index in [1.165, 1.54) is 12.4 Å². The molecule has 0 radical (unpaired) electrons. The third kappa shape index (κ3) is 2.52. The summed E-state index contributed by atoms with van der Waals surface area (Å²) in [5, 5.41) is 3.66. The monoisotopic (exact) mass is 255 g/mol. The highest BCUT2D eigenvalue weighted by atomic mass is 19.4. The fraction of sp³-hybridized carbons (Fsp3) is 0.333. The van der Waals surface area contributed by atoms with Crippen molar-refractivity contribution in [3.05, 3.63) is 30.1 Å². The molecule has 0 aliphatic rings. The number of hydrogen-bond donors (Lipinski definition) is 1. The molecular weight excluding hydrogens is 243 g/mol. The van der Waals surface area contributed by atoms with Crippen molar-refractivity contribution in [3.63, 3.8) is 0 Å². The van der Waals surface area contributed by atoms with Gasteiger partial charge in [0, 0.05) is 11.4 Å². The maximum absolute atomic E-state index is 12.6. The molecule has 96 valence electrons. The van der Waals surface area contributed by atoms with Gasteiger partial charge < -0.3 is 5.32 Å². The fourth-order valence-electron chi connectivity index (χ4n) is 1.62. The van der Waals surface area contributed by atoms with Crippen molar-refractivity contribution in [3.8, 4) is 0 Å². The maximum Gasteiger partial charge on any atom is 0.416 e. The van der Waals surface area contributed by atoms with Gasteiger partial charge in [-0.1, -0.05) is 0 Å². The number of fused-ring (bicyclic) bond motifs is 1. The molecule has 0 spiro atoms. The molecule has 0 bridgehead atoms. The van der Waals surface area contributed by atoms with E-state index in [-0.39, 0.29) is 11.6 Å². The van der Waals surface area contributed by atoms with Gasteiger partial charge in [-0.05, 0) is 32.0 Å². The molecule has 0 aliphatic heterocycles. The Bertz CT molecular complexity index is 564. The Kier molecular flexibility index (Phi) is 3.11. The highest BCUT2D eigenvalue weighted by Crippen LogP contribution is 2.32. The predicted octanol–water partition coefficient (Wildman–Crippen LogP) is 3.47. The van der Waals surface area contributed by atoms with E-state index >= 15 is 0 Å². The smallest absolute Gasteiger partial charge is 0.367 e. The van der Waals surface area contributed by atoms with E-state index in [4.69, 9.17) is 0 Å². The molecule has 0 saturated heterocycles. The van der Waals surface area contributed by atoms with Gasteiger partial charge in [0.25, 0.3) is 0 Å². The standard InChI is InChI=1S/C12H12F3N3/c1-7(2)18-11-9-4-3-8(12(13,14)15)5-10(9)16-6-17-11/h3-7H,1-2H3,(H,16,17,18). The molecular formula is C12H12F3N3. The van der Waals surface area contributed by atoms with Crippen molar-refractivity contribution >= 4 is 16.7 Å². The maximum atomic E-state index is 12.6. The molecule has 0 saturated carbocycles. The SMILES string of the molecule is CC(C)Nc1ncnc2cc(C(F)(F)F)ccc12. The number of aromatic nitrogens is 2. The topological polar surface area (TPSA) is 37.8 Å². The number of anilines is 1. The summed E-state index contributed by atoms with van der Waals surface area (Å²) in [5.41, 5.74) is -0.424. The normalized spacial score (nSPS) is 12.1. The first-order valence-electron chi connectivity index (χ1n) is 5.46. The van der Waals surface area contributed by atoms with Crippen LogP contribution < -0.4 is 5.32 Å². The van der Waals surface area contributed by atoms with E-state index in [0.29, 0.717) is 11.2 Å². The van der Waals surface area contributed by atoms with Crippen molar-refractivity contribution in [2.45, 2.75) is 26.1 Å². The van der Waals surface area contributed by atoms with E-state index in [9.17, 15) is 13.2 Å². The highest BCUT2D eigenvalue weighted by molar-refractivity contribution is 5.89. The number of hydrogen-bond acceptors (Lipinski definition) is 3. The van der Waals surface area contributed by atoms with Crippen LogP contribution >= 0.6 is 0 Å². The van der Waals surface area contributed by atoms with Crippen molar-refractivity contribution in [1.29, 1.82) is 0 Å². The van der Waals surface area contributed by atoms with Crippen LogP contribution in [-0.4, -0.2) is 16.0 Å². The number of rotatable bonds is 2. The Hall–Kier alpha value is -1.85. The largest absolute Gasteiger partial charge is 0.416 e. The zero-order valence-electron chi connectivity index (χ0n) is 9.92. The minimum Gasteiger partial charge on any atom is -0.367 e. The summed E-state index contributed by atoms with van der Waals surface area (Å²) in [6.07, 6.45) is -3.10. The van der Waals surface area contributed by atoms with Crippen molar-refractivity contribution in [2.24, 2.45) is 0 Å². The molecule has 0 amide bonds. The van der Waals surface area contributed by atoms with E-state index < -0.39 is 11.7 Å². The van der Waals surface area contributed by atoms with Crippen molar-refractivity contribution in [1.82, 2.24) is 9.97 Å². The molecule has 2 aromatic rings. The molecule has 1 heterocycles. The summed E-state index contributed by atoms with van der Waals surface area (Å²) in [7, 11) is 0. The summed E-state index contributed by atoms with van der Waals surface area (Å²) in [6, 6.07) is 3.60. The molecule has 0 fully saturated rings. The molecule has 0 atom stereocenters. The van der Waals surface area contributed by atoms with Gasteiger partial charge in [-0.3, -0.25) is 0 Å². The molecule has 6 heteroatoms. The van der Waals surface area contributed by atoms with Gasteiger partial charge in [0.1, 0.15) is 12.1 Å². The minimum atomic E-state index is -4.36. The van der Waals surface area contributed by atoms with E-state index in [1.807, 2.05) is 13.8 Å². The fourth-order valence-corrected chi connectivity index (χ4v) is 1.62. The quantitative estimate of drug-likeness (QED) is 0.892. The van der Waals surface area contributed by atoms with E-state index in [1.54, 1.807) is 0 Å². The first-order chi connectivity index (χ1) is 8.38. The Morgan fingerprint density at radius 1 is 1.17 bits per heavy atom. The average Bonchev–Trinajstić information content (AvgIpc) is 2.27. The third-order valence-corrected chi connectivity index (χ3v) is 2.39. The first kappa shape index (κ1) is 12.6. The summed E-state index contributed by atoms with van der Waals surface area (Å²) in [5.74, 6) is 0.545. The van der Waals surface area contributed by atoms with Crippen LogP contribution in [0.15, 0.2) is 24.5 Å². The summed E-state index contributed by atoms with van der Waals surface area (Å²) >= 11 is 0. The predicted molar refractivity (Wildman–Crippen MR) is 63.3 cm³/mol. The Labute approximate surface area is 102 Å². The van der Waals surface area contributed by atoms with Gasteiger partial charge in [0.15, 0.2) is 0 Å². The van der Waals surface area contributed by atoms with Gasteiger partial charge in [0.2, 0.25) is 0 Å². The van der Waals surface area contributed by atoms with Crippen LogP contribution in [-0.2, 0) is 6.18 Å². The number of nitrogens with zero attached hydrogens (tertiary/aromatic N) is 2. The van der Waals surface area contributed by atoms with Crippen LogP contribution in [0.3, 0.4) is 0 Å². The second-order valence-electron chi connectivity index (χ2n) is 4.25. The zero-order chi connectivity index (χ0) is 13.3. The molecule has 1 N–H and O–H groups in total. The number of halogens is 3. The number of nitrogens with one attached hydrogen (secondary N) is 1. The van der Waals surface area contributed by atoms with Crippen molar-refractivity contribution < 1.29 is 13.2 Å². The summed E-state index contributed by atoms with van der Waals surface area (Å²) in [4.78, 5) is 7.91. The lowest BCUT2D eigenvalue weighted by atomic mass is 10.1. The van der Waals surface area contributed by atoms with Crippen LogP contribution in [0, 0.1) is 0 Å². The van der Waals surface area contributed by atoms with E-state index in [2.05, 4.69) is 15.3 Å². The van der Waals surface area contributed by atoms with Crippen LogP contribution in [0.25, 0.3) is 10.9 Å². The summed E-state index contributed by atoms with van der Waals surface area (Å²) in [6.45, 7) is 3.86. The highest BCUT2D eigenvalue weighted by Gasteiger charge is 2.30. The zero-order valence-corrected chi connectivity index (χ0v) is 9.92. The average molecular weight is 255 g/mol. The second kappa shape index (κ2) is 4.44. The Balaban J connectivity index is 2.53. The van der Waals surface area contributed by atoms with Gasteiger partial charge in [-0.15, -0.1) is 0 Å². The Morgan fingerprint density at radius 2 is 1.89 bits per heavy atom. The molecule has 18 heavy (non-hydrogen) atoms. The van der Waals surface area contributed by atoms with Gasteiger partial charge >= 0.3 is 6.18 Å². The van der Waals surface area contributed by atoms with Crippen LogP contribution in [0.1, 0.15) is 19.4 Å². The molecule has 0 unspecified atom stereocenters. The lowest BCUT2D eigenvalue weighted by Crippen LogP contribution is -2.12. The molecule has 1 aromatic carbocycles. The number of benzene rings is 1. The Morgan fingerprint density at radius 3 is 2.50 bits per heavy atom. The molecule has 2 rings (SSSR count). The third-order valence-electron chi connectivity index (χ3n) is 2.39. The summed E-state index contributed by atoms with van der Waals surface area (Å²) < 4.78 is 37.7. The lowest BCUT2D eigenvalue weighted by Gasteiger charge is -2.12. The molecule has 0 aliphatic carbocycles. The van der Waals surface area contributed by atoms with Gasteiger partial charge in [-0.25, -0.2) is 9.97 Å². The van der Waals surface area contributed by atoms with Gasteiger partial charge in [-0.2, -0.15) is 13.2 Å². The van der Waals surface area contributed by atoms with Crippen LogP contribution in [0.5, 0.6) is 0 Å². The van der Waals surface area contributed by atoms with E-state index in [0.717, 1.165) is 12.1 Å². The van der Waals surface area contributed by atoms with Crippen LogP contribution in [0.2, 0.25) is 0 Å². The number of alkyl halides is 3. The minimum absolute atomic E-state index is 0.144. The van der Waals surface area contributed by atoms with Crippen molar-refractivity contribution in [2.75, 3.05) is 5.32 Å². The lowest BCUT2D eigenvalue weighted by molar-refractivity contribution is -0.137. The molecule has 1 aromatic heterocycles. The van der Waals surface area contributed by atoms with Crippen LogP contribution in [0.4, 0.5) is 19.0 Å². The van der Waals surface area contributed by atoms with Gasteiger partial charge in [0.05, 0.1) is 11.1 Å². The molecule has 3 nitrogen and oxygen atoms in total. The second-order valence-corrected chi connectivity index (χ2v) is 4.25. The first-order valence-corrected chi connectivity index (χ1v) is 5.46.